The van der Waals surface area contributed by atoms with Crippen LogP contribution in [-0.2, 0) is 0 Å². The van der Waals surface area contributed by atoms with Gasteiger partial charge in [-0.25, -0.2) is 0 Å². The lowest BCUT2D eigenvalue weighted by Crippen LogP contribution is -1.95. The zero-order valence-corrected chi connectivity index (χ0v) is 11.3. The Kier molecular flexibility index (Phi) is 3.30. The molecule has 98 valence electrons. The molecule has 0 atom stereocenters. The molecule has 0 N–H and O–H groups in total. The van der Waals surface area contributed by atoms with Gasteiger partial charge in [0.15, 0.2) is 5.78 Å². The molecule has 2 aromatic carbocycles. The third-order valence-corrected chi connectivity index (χ3v) is 3.52. The quantitative estimate of drug-likeness (QED) is 0.650. The van der Waals surface area contributed by atoms with Crippen LogP contribution in [0.1, 0.15) is 23.7 Å². The highest BCUT2D eigenvalue weighted by Crippen LogP contribution is 2.28. The molecule has 20 heavy (non-hydrogen) atoms. The van der Waals surface area contributed by atoms with E-state index in [1.807, 2.05) is 49.5 Å². The first-order chi connectivity index (χ1) is 9.79. The van der Waals surface area contributed by atoms with Gasteiger partial charge in [0.1, 0.15) is 0 Å². The van der Waals surface area contributed by atoms with Crippen molar-refractivity contribution in [2.75, 3.05) is 0 Å². The average Bonchev–Trinajstić information content (AvgIpc) is 2.54. The number of ketones is 1. The van der Waals surface area contributed by atoms with Crippen LogP contribution in [0.25, 0.3) is 21.9 Å². The minimum Gasteiger partial charge on any atom is -0.294 e. The second-order valence-electron chi connectivity index (χ2n) is 4.76. The van der Waals surface area contributed by atoms with E-state index < -0.39 is 0 Å². The SMILES string of the molecule is CCC(=O)c1ccc(-c2cccc3ccncc23)cc1. The second kappa shape index (κ2) is 5.25. The second-order valence-corrected chi connectivity index (χ2v) is 4.76. The molecule has 0 aliphatic carbocycles. The van der Waals surface area contributed by atoms with Gasteiger partial charge in [0, 0.05) is 29.8 Å². The highest BCUT2D eigenvalue weighted by Gasteiger charge is 2.06. The van der Waals surface area contributed by atoms with E-state index in [0.717, 1.165) is 22.1 Å². The zero-order valence-electron chi connectivity index (χ0n) is 11.3. The monoisotopic (exact) mass is 261 g/mol. The van der Waals surface area contributed by atoms with Crippen LogP contribution in [0.15, 0.2) is 60.9 Å². The Bertz CT molecular complexity index is 754. The highest BCUT2D eigenvalue weighted by atomic mass is 16.1. The van der Waals surface area contributed by atoms with Gasteiger partial charge in [-0.3, -0.25) is 9.78 Å². The maximum absolute atomic E-state index is 11.7. The maximum Gasteiger partial charge on any atom is 0.162 e. The molecule has 3 rings (SSSR count). The lowest BCUT2D eigenvalue weighted by Gasteiger charge is -2.07. The summed E-state index contributed by atoms with van der Waals surface area (Å²) in [5.41, 5.74) is 3.02. The Balaban J connectivity index is 2.09. The summed E-state index contributed by atoms with van der Waals surface area (Å²) < 4.78 is 0. The van der Waals surface area contributed by atoms with Crippen LogP contribution >= 0.6 is 0 Å². The number of nitrogens with zero attached hydrogens (tertiary/aromatic N) is 1. The van der Waals surface area contributed by atoms with Gasteiger partial charge in [0.25, 0.3) is 0 Å². The molecular formula is C18H15NO. The fraction of sp³-hybridized carbons (Fsp3) is 0.111. The largest absolute Gasteiger partial charge is 0.294 e. The minimum atomic E-state index is 0.177. The molecule has 0 saturated heterocycles. The van der Waals surface area contributed by atoms with Crippen LogP contribution in [0.4, 0.5) is 0 Å². The molecule has 0 radical (unpaired) electrons. The van der Waals surface area contributed by atoms with Crippen molar-refractivity contribution < 1.29 is 4.79 Å². The molecular weight excluding hydrogens is 246 g/mol. The van der Waals surface area contributed by atoms with Crippen molar-refractivity contribution in [2.24, 2.45) is 0 Å². The standard InChI is InChI=1S/C18H15NO/c1-2-18(20)15-8-6-14(7-9-15)16-5-3-4-13-10-11-19-12-17(13)16/h3-12H,2H2,1H3. The number of carbonyl (C=O) groups is 1. The number of rotatable bonds is 3. The fourth-order valence-electron chi connectivity index (χ4n) is 2.40. The number of hydrogen-bond donors (Lipinski definition) is 0. The van der Waals surface area contributed by atoms with E-state index in [0.29, 0.717) is 6.42 Å². The molecule has 0 fully saturated rings. The van der Waals surface area contributed by atoms with Crippen LogP contribution in [0, 0.1) is 0 Å². The van der Waals surface area contributed by atoms with Gasteiger partial charge in [-0.05, 0) is 22.6 Å². The molecule has 0 spiro atoms. The summed E-state index contributed by atoms with van der Waals surface area (Å²) >= 11 is 0. The van der Waals surface area contributed by atoms with Crippen LogP contribution in [0.5, 0.6) is 0 Å². The van der Waals surface area contributed by atoms with Crippen molar-refractivity contribution in [3.63, 3.8) is 0 Å². The molecule has 2 nitrogen and oxygen atoms in total. The van der Waals surface area contributed by atoms with E-state index in [9.17, 15) is 4.79 Å². The number of pyridine rings is 1. The summed E-state index contributed by atoms with van der Waals surface area (Å²) in [5.74, 6) is 0.177. The molecule has 2 heteroatoms. The predicted molar refractivity (Wildman–Crippen MR) is 81.8 cm³/mol. The molecule has 1 aromatic heterocycles. The molecule has 0 aliphatic rings. The van der Waals surface area contributed by atoms with Crippen LogP contribution < -0.4 is 0 Å². The van der Waals surface area contributed by atoms with Gasteiger partial charge < -0.3 is 0 Å². The Hall–Kier alpha value is -2.48. The van der Waals surface area contributed by atoms with Crippen molar-refractivity contribution in [1.29, 1.82) is 0 Å². The lowest BCUT2D eigenvalue weighted by atomic mass is 9.98. The fourth-order valence-corrected chi connectivity index (χ4v) is 2.40. The van der Waals surface area contributed by atoms with E-state index in [4.69, 9.17) is 0 Å². The molecule has 1 heterocycles. The first-order valence-corrected chi connectivity index (χ1v) is 6.76. The Morgan fingerprint density at radius 3 is 2.60 bits per heavy atom. The highest BCUT2D eigenvalue weighted by molar-refractivity contribution is 5.98. The number of carbonyl (C=O) groups excluding carboxylic acids is 1. The molecule has 3 aromatic rings. The Labute approximate surface area is 118 Å². The third kappa shape index (κ3) is 2.21. The Morgan fingerprint density at radius 2 is 1.85 bits per heavy atom. The summed E-state index contributed by atoms with van der Waals surface area (Å²) in [6, 6.07) is 16.0. The Morgan fingerprint density at radius 1 is 1.05 bits per heavy atom. The summed E-state index contributed by atoms with van der Waals surface area (Å²) in [4.78, 5) is 15.9. The number of fused-ring (bicyclic) bond motifs is 1. The van der Waals surface area contributed by atoms with Crippen LogP contribution in [-0.4, -0.2) is 10.8 Å². The maximum atomic E-state index is 11.7. The number of Topliss-reactive ketones (excluding diaryl/α,β-unsaturated/α-hetero) is 1. The minimum absolute atomic E-state index is 0.177. The van der Waals surface area contributed by atoms with Gasteiger partial charge in [0.2, 0.25) is 0 Å². The van der Waals surface area contributed by atoms with Crippen molar-refractivity contribution in [3.8, 4) is 11.1 Å². The van der Waals surface area contributed by atoms with E-state index in [1.54, 1.807) is 6.20 Å². The molecule has 0 bridgehead atoms. The van der Waals surface area contributed by atoms with Crippen LogP contribution in [0.3, 0.4) is 0 Å². The summed E-state index contributed by atoms with van der Waals surface area (Å²) in [7, 11) is 0. The number of hydrogen-bond acceptors (Lipinski definition) is 2. The molecule has 0 amide bonds. The topological polar surface area (TPSA) is 30.0 Å². The first kappa shape index (κ1) is 12.5. The molecule has 0 saturated carbocycles. The summed E-state index contributed by atoms with van der Waals surface area (Å²) in [5, 5.41) is 2.30. The number of benzene rings is 2. The zero-order chi connectivity index (χ0) is 13.9. The van der Waals surface area contributed by atoms with E-state index >= 15 is 0 Å². The third-order valence-electron chi connectivity index (χ3n) is 3.52. The van der Waals surface area contributed by atoms with Gasteiger partial charge in [-0.15, -0.1) is 0 Å². The van der Waals surface area contributed by atoms with Crippen molar-refractivity contribution in [2.45, 2.75) is 13.3 Å². The van der Waals surface area contributed by atoms with E-state index in [1.165, 1.54) is 5.39 Å². The first-order valence-electron chi connectivity index (χ1n) is 6.76. The lowest BCUT2D eigenvalue weighted by molar-refractivity contribution is 0.0988. The van der Waals surface area contributed by atoms with Crippen molar-refractivity contribution in [3.05, 3.63) is 66.5 Å². The van der Waals surface area contributed by atoms with Gasteiger partial charge in [-0.1, -0.05) is 49.4 Å². The van der Waals surface area contributed by atoms with Gasteiger partial charge >= 0.3 is 0 Å². The molecule has 0 aliphatic heterocycles. The predicted octanol–water partition coefficient (Wildman–Crippen LogP) is 4.49. The molecule has 0 unspecified atom stereocenters. The number of aromatic nitrogens is 1. The van der Waals surface area contributed by atoms with Gasteiger partial charge in [-0.2, -0.15) is 0 Å². The van der Waals surface area contributed by atoms with E-state index in [2.05, 4.69) is 17.1 Å². The van der Waals surface area contributed by atoms with E-state index in [-0.39, 0.29) is 5.78 Å². The summed E-state index contributed by atoms with van der Waals surface area (Å²) in [6.07, 6.45) is 4.22. The normalized spacial score (nSPS) is 10.7. The van der Waals surface area contributed by atoms with Crippen LogP contribution in [0.2, 0.25) is 0 Å². The van der Waals surface area contributed by atoms with Crippen molar-refractivity contribution >= 4 is 16.6 Å². The smallest absolute Gasteiger partial charge is 0.162 e. The van der Waals surface area contributed by atoms with Crippen molar-refractivity contribution in [1.82, 2.24) is 4.98 Å². The summed E-state index contributed by atoms with van der Waals surface area (Å²) in [6.45, 7) is 1.88. The van der Waals surface area contributed by atoms with Gasteiger partial charge in [0.05, 0.1) is 0 Å². The average molecular weight is 261 g/mol.